The van der Waals surface area contributed by atoms with Gasteiger partial charge in [0.25, 0.3) is 0 Å². The van der Waals surface area contributed by atoms with Crippen LogP contribution in [0.15, 0.2) is 12.1 Å². The summed E-state index contributed by atoms with van der Waals surface area (Å²) in [6.07, 6.45) is 0. The first-order chi connectivity index (χ1) is 6.68. The van der Waals surface area contributed by atoms with Gasteiger partial charge in [-0.1, -0.05) is 25.4 Å². The first-order valence-corrected chi connectivity index (χ1v) is 5.02. The van der Waals surface area contributed by atoms with Crippen LogP contribution < -0.4 is 0 Å². The van der Waals surface area contributed by atoms with Crippen molar-refractivity contribution in [1.82, 2.24) is 14.8 Å². The van der Waals surface area contributed by atoms with Crippen molar-refractivity contribution in [3.05, 3.63) is 23.0 Å². The van der Waals surface area contributed by atoms with Crippen molar-refractivity contribution in [1.29, 1.82) is 0 Å². The monoisotopic (exact) mass is 211 g/mol. The maximum Gasteiger partial charge on any atom is 0.129 e. The molecule has 14 heavy (non-hydrogen) atoms. The molecule has 0 fully saturated rings. The van der Waals surface area contributed by atoms with Gasteiger partial charge in [0.15, 0.2) is 0 Å². The molecule has 0 amide bonds. The van der Waals surface area contributed by atoms with Crippen LogP contribution in [0, 0.1) is 6.92 Å². The molecule has 4 heteroatoms. The van der Waals surface area contributed by atoms with Crippen molar-refractivity contribution in [3.8, 4) is 0 Å². The standard InChI is InChI=1S/C8H8ClN3.C2H6/c1-5-8-6(12(2)11-5)3-4-7(9)10-8;1-2/h3-4H,1-2H3;1-2H3. The van der Waals surface area contributed by atoms with Crippen LogP contribution in [0.25, 0.3) is 11.0 Å². The number of aromatic nitrogens is 3. The lowest BCUT2D eigenvalue weighted by atomic mass is 10.3. The molecule has 76 valence electrons. The van der Waals surface area contributed by atoms with Crippen LogP contribution >= 0.6 is 11.6 Å². The summed E-state index contributed by atoms with van der Waals surface area (Å²) in [5.74, 6) is 0. The summed E-state index contributed by atoms with van der Waals surface area (Å²) in [6, 6.07) is 3.69. The van der Waals surface area contributed by atoms with Gasteiger partial charge in [-0.15, -0.1) is 0 Å². The Morgan fingerprint density at radius 2 is 1.93 bits per heavy atom. The lowest BCUT2D eigenvalue weighted by molar-refractivity contribution is 0.783. The number of rotatable bonds is 0. The molecule has 0 spiro atoms. The Morgan fingerprint density at radius 1 is 1.29 bits per heavy atom. The molecule has 2 heterocycles. The Bertz CT molecular complexity index is 434. The Balaban J connectivity index is 0.000000461. The van der Waals surface area contributed by atoms with Crippen molar-refractivity contribution >= 4 is 22.6 Å². The fraction of sp³-hybridized carbons (Fsp3) is 0.400. The van der Waals surface area contributed by atoms with E-state index in [0.717, 1.165) is 16.7 Å². The van der Waals surface area contributed by atoms with E-state index < -0.39 is 0 Å². The number of hydrogen-bond acceptors (Lipinski definition) is 2. The molecule has 0 N–H and O–H groups in total. The van der Waals surface area contributed by atoms with Gasteiger partial charge in [-0.25, -0.2) is 4.98 Å². The van der Waals surface area contributed by atoms with E-state index in [4.69, 9.17) is 11.6 Å². The van der Waals surface area contributed by atoms with Crippen LogP contribution in [-0.4, -0.2) is 14.8 Å². The molecule has 0 radical (unpaired) electrons. The highest BCUT2D eigenvalue weighted by Crippen LogP contribution is 2.17. The summed E-state index contributed by atoms with van der Waals surface area (Å²) in [6.45, 7) is 5.92. The first-order valence-electron chi connectivity index (χ1n) is 4.64. The minimum absolute atomic E-state index is 0.513. The molecule has 0 aromatic carbocycles. The van der Waals surface area contributed by atoms with Gasteiger partial charge >= 0.3 is 0 Å². The van der Waals surface area contributed by atoms with Crippen molar-refractivity contribution in [2.75, 3.05) is 0 Å². The van der Waals surface area contributed by atoms with Crippen LogP contribution in [0.3, 0.4) is 0 Å². The zero-order chi connectivity index (χ0) is 10.7. The van der Waals surface area contributed by atoms with Gasteiger partial charge < -0.3 is 0 Å². The summed E-state index contributed by atoms with van der Waals surface area (Å²) in [7, 11) is 1.89. The predicted octanol–water partition coefficient (Wildman–Crippen LogP) is 2.96. The molecule has 3 nitrogen and oxygen atoms in total. The van der Waals surface area contributed by atoms with E-state index >= 15 is 0 Å². The number of nitrogens with zero attached hydrogens (tertiary/aromatic N) is 3. The van der Waals surface area contributed by atoms with E-state index in [1.54, 1.807) is 10.7 Å². The molecular formula is C10H14ClN3. The molecule has 0 aliphatic heterocycles. The van der Waals surface area contributed by atoms with Crippen LogP contribution in [0.1, 0.15) is 19.5 Å². The zero-order valence-electron chi connectivity index (χ0n) is 8.87. The van der Waals surface area contributed by atoms with Gasteiger partial charge in [0, 0.05) is 7.05 Å². The number of fused-ring (bicyclic) bond motifs is 1. The second-order valence-corrected chi connectivity index (χ2v) is 3.10. The molecule has 2 aromatic heterocycles. The van der Waals surface area contributed by atoms with Gasteiger partial charge in [-0.2, -0.15) is 5.10 Å². The van der Waals surface area contributed by atoms with Crippen LogP contribution in [-0.2, 0) is 7.05 Å². The normalized spacial score (nSPS) is 9.79. The summed E-state index contributed by atoms with van der Waals surface area (Å²) in [5.41, 5.74) is 2.80. The Labute approximate surface area is 88.7 Å². The van der Waals surface area contributed by atoms with E-state index in [1.165, 1.54) is 0 Å². The molecule has 0 saturated carbocycles. The van der Waals surface area contributed by atoms with E-state index in [0.29, 0.717) is 5.15 Å². The highest BCUT2D eigenvalue weighted by atomic mass is 35.5. The Morgan fingerprint density at radius 3 is 2.57 bits per heavy atom. The Hall–Kier alpha value is -1.09. The van der Waals surface area contributed by atoms with E-state index in [2.05, 4.69) is 10.1 Å². The first kappa shape index (κ1) is 11.0. The lowest BCUT2D eigenvalue weighted by Crippen LogP contribution is -1.88. The van der Waals surface area contributed by atoms with E-state index in [-0.39, 0.29) is 0 Å². The molecule has 0 unspecified atom stereocenters. The second-order valence-electron chi connectivity index (χ2n) is 2.71. The van der Waals surface area contributed by atoms with Crippen LogP contribution in [0.4, 0.5) is 0 Å². The highest BCUT2D eigenvalue weighted by molar-refractivity contribution is 6.29. The maximum atomic E-state index is 5.75. The van der Waals surface area contributed by atoms with Crippen LogP contribution in [0.5, 0.6) is 0 Å². The van der Waals surface area contributed by atoms with E-state index in [9.17, 15) is 0 Å². The fourth-order valence-corrected chi connectivity index (χ4v) is 1.43. The second kappa shape index (κ2) is 4.42. The van der Waals surface area contributed by atoms with Gasteiger partial charge in [-0.3, -0.25) is 4.68 Å². The quantitative estimate of drug-likeness (QED) is 0.628. The smallest absolute Gasteiger partial charge is 0.129 e. The fourth-order valence-electron chi connectivity index (χ4n) is 1.28. The molecule has 0 aliphatic rings. The summed E-state index contributed by atoms with van der Waals surface area (Å²) in [4.78, 5) is 4.18. The molecule has 0 aliphatic carbocycles. The zero-order valence-corrected chi connectivity index (χ0v) is 9.63. The van der Waals surface area contributed by atoms with Crippen molar-refractivity contribution < 1.29 is 0 Å². The van der Waals surface area contributed by atoms with Crippen molar-refractivity contribution in [2.24, 2.45) is 7.05 Å². The molecule has 0 atom stereocenters. The SMILES string of the molecule is CC.Cc1nn(C)c2ccc(Cl)nc12. The summed E-state index contributed by atoms with van der Waals surface area (Å²) < 4.78 is 1.80. The third kappa shape index (κ3) is 1.87. The molecule has 0 bridgehead atoms. The third-order valence-electron chi connectivity index (χ3n) is 1.83. The average molecular weight is 212 g/mol. The molecule has 2 rings (SSSR count). The van der Waals surface area contributed by atoms with Gasteiger partial charge in [0.05, 0.1) is 11.2 Å². The van der Waals surface area contributed by atoms with Gasteiger partial charge in [-0.05, 0) is 19.1 Å². The number of aryl methyl sites for hydroxylation is 2. The largest absolute Gasteiger partial charge is 0.266 e. The Kier molecular flexibility index (Phi) is 3.47. The van der Waals surface area contributed by atoms with Crippen molar-refractivity contribution in [2.45, 2.75) is 20.8 Å². The lowest BCUT2D eigenvalue weighted by Gasteiger charge is -1.92. The average Bonchev–Trinajstić information content (AvgIpc) is 2.46. The third-order valence-corrected chi connectivity index (χ3v) is 2.04. The maximum absolute atomic E-state index is 5.75. The highest BCUT2D eigenvalue weighted by Gasteiger charge is 2.05. The molecule has 2 aromatic rings. The number of pyridine rings is 1. The summed E-state index contributed by atoms with van der Waals surface area (Å²) >= 11 is 5.75. The number of halogens is 1. The van der Waals surface area contributed by atoms with Gasteiger partial charge in [0.1, 0.15) is 10.7 Å². The molecular weight excluding hydrogens is 198 g/mol. The van der Waals surface area contributed by atoms with E-state index in [1.807, 2.05) is 33.9 Å². The van der Waals surface area contributed by atoms with Gasteiger partial charge in [0.2, 0.25) is 0 Å². The summed E-state index contributed by atoms with van der Waals surface area (Å²) in [5, 5.41) is 4.74. The van der Waals surface area contributed by atoms with Crippen LogP contribution in [0.2, 0.25) is 5.15 Å². The molecule has 0 saturated heterocycles. The van der Waals surface area contributed by atoms with Crippen molar-refractivity contribution in [3.63, 3.8) is 0 Å². The minimum atomic E-state index is 0.513. The number of hydrogen-bond donors (Lipinski definition) is 0. The minimum Gasteiger partial charge on any atom is -0.266 e. The topological polar surface area (TPSA) is 30.7 Å². The predicted molar refractivity (Wildman–Crippen MR) is 59.6 cm³/mol.